The van der Waals surface area contributed by atoms with E-state index in [-0.39, 0.29) is 17.5 Å². The van der Waals surface area contributed by atoms with Gasteiger partial charge in [-0.05, 0) is 56.7 Å². The number of halogens is 7. The molecule has 0 N–H and O–H groups in total. The molecular formula is C28H25F7N4O2. The van der Waals surface area contributed by atoms with Gasteiger partial charge in [0.05, 0.1) is 41.7 Å². The van der Waals surface area contributed by atoms with E-state index in [4.69, 9.17) is 4.74 Å². The first-order valence-electron chi connectivity index (χ1n) is 12.3. The number of carbonyl (C=O) groups is 1. The van der Waals surface area contributed by atoms with Crippen LogP contribution in [-0.2, 0) is 29.1 Å². The van der Waals surface area contributed by atoms with Crippen LogP contribution in [0.2, 0.25) is 0 Å². The molecule has 0 radical (unpaired) electrons. The molecule has 0 aliphatic heterocycles. The summed E-state index contributed by atoms with van der Waals surface area (Å²) in [6.45, 7) is 4.76. The van der Waals surface area contributed by atoms with Gasteiger partial charge in [0.1, 0.15) is 11.6 Å². The molecule has 0 fully saturated rings. The number of rotatable bonds is 6. The van der Waals surface area contributed by atoms with Crippen LogP contribution in [0.5, 0.6) is 5.75 Å². The van der Waals surface area contributed by atoms with E-state index in [0.717, 1.165) is 11.0 Å². The molecule has 6 nitrogen and oxygen atoms in total. The molecular weight excluding hydrogens is 557 g/mol. The number of alkyl halides is 6. The van der Waals surface area contributed by atoms with Crippen LogP contribution in [0.25, 0.3) is 22.2 Å². The number of fused-ring (bicyclic) bond motifs is 1. The topological polar surface area (TPSA) is 60.2 Å². The molecule has 1 amide bonds. The van der Waals surface area contributed by atoms with Gasteiger partial charge in [0.15, 0.2) is 5.65 Å². The third-order valence-electron chi connectivity index (χ3n) is 6.89. The average Bonchev–Trinajstić information content (AvgIpc) is 3.33. The molecule has 0 saturated heterocycles. The zero-order valence-corrected chi connectivity index (χ0v) is 22.6. The monoisotopic (exact) mass is 582 g/mol. The second-order valence-electron chi connectivity index (χ2n) is 9.84. The molecule has 41 heavy (non-hydrogen) atoms. The number of anilines is 1. The zero-order valence-electron chi connectivity index (χ0n) is 22.6. The van der Waals surface area contributed by atoms with E-state index < -0.39 is 46.2 Å². The molecule has 13 heteroatoms. The molecule has 2 aromatic carbocycles. The second kappa shape index (κ2) is 10.3. The summed E-state index contributed by atoms with van der Waals surface area (Å²) in [5.41, 5.74) is -4.09. The molecule has 4 rings (SSSR count). The standard InChI is InChI=1S/C28H25F7N4O2/c1-6-39-24-20(13-37-39)23(19-8-7-18(29)12-22(19)41-5)21(14-36-24)38(4)25(40)26(2,3)15-9-16(27(30,31)32)11-17(10-15)28(33,34)35/h7-14H,6H2,1-5H3. The Balaban J connectivity index is 1.92. The lowest BCUT2D eigenvalue weighted by atomic mass is 9.81. The van der Waals surface area contributed by atoms with Crippen LogP contribution in [0, 0.1) is 5.82 Å². The van der Waals surface area contributed by atoms with Gasteiger partial charge in [-0.1, -0.05) is 0 Å². The fourth-order valence-electron chi connectivity index (χ4n) is 4.62. The average molecular weight is 583 g/mol. The lowest BCUT2D eigenvalue weighted by Gasteiger charge is -2.32. The number of benzene rings is 2. The molecule has 0 spiro atoms. The smallest absolute Gasteiger partial charge is 0.416 e. The SMILES string of the molecule is CCn1ncc2c(-c3ccc(F)cc3OC)c(N(C)C(=O)C(C)(C)c3cc(C(F)(F)F)cc(C(F)(F)F)c3)cnc21. The maximum atomic E-state index is 14.1. The quantitative estimate of drug-likeness (QED) is 0.225. The molecule has 218 valence electrons. The maximum Gasteiger partial charge on any atom is 0.416 e. The van der Waals surface area contributed by atoms with Crippen LogP contribution in [0.1, 0.15) is 37.5 Å². The summed E-state index contributed by atoms with van der Waals surface area (Å²) in [4.78, 5) is 19.4. The second-order valence-corrected chi connectivity index (χ2v) is 9.84. The molecule has 0 aliphatic rings. The Morgan fingerprint density at radius 1 is 0.951 bits per heavy atom. The Morgan fingerprint density at radius 2 is 1.54 bits per heavy atom. The minimum Gasteiger partial charge on any atom is -0.496 e. The van der Waals surface area contributed by atoms with Crippen molar-refractivity contribution in [2.24, 2.45) is 0 Å². The predicted molar refractivity (Wildman–Crippen MR) is 138 cm³/mol. The zero-order chi connectivity index (χ0) is 30.5. The highest BCUT2D eigenvalue weighted by atomic mass is 19.4. The van der Waals surface area contributed by atoms with Gasteiger partial charge >= 0.3 is 12.4 Å². The molecule has 0 atom stereocenters. The summed E-state index contributed by atoms with van der Waals surface area (Å²) >= 11 is 0. The van der Waals surface area contributed by atoms with Crippen molar-refractivity contribution in [3.05, 3.63) is 71.3 Å². The molecule has 0 unspecified atom stereocenters. The Labute approximate surface area is 230 Å². The highest BCUT2D eigenvalue weighted by Gasteiger charge is 2.41. The summed E-state index contributed by atoms with van der Waals surface area (Å²) in [6.07, 6.45) is -7.32. The summed E-state index contributed by atoms with van der Waals surface area (Å²) in [6, 6.07) is 4.85. The number of pyridine rings is 1. The molecule has 0 aliphatic carbocycles. The first-order valence-corrected chi connectivity index (χ1v) is 12.3. The van der Waals surface area contributed by atoms with Gasteiger partial charge in [-0.15, -0.1) is 0 Å². The van der Waals surface area contributed by atoms with Gasteiger partial charge in [-0.2, -0.15) is 31.4 Å². The Kier molecular flexibility index (Phi) is 7.52. The van der Waals surface area contributed by atoms with Crippen molar-refractivity contribution in [1.82, 2.24) is 14.8 Å². The third kappa shape index (κ3) is 5.44. The third-order valence-corrected chi connectivity index (χ3v) is 6.89. The number of hydrogen-bond donors (Lipinski definition) is 0. The van der Waals surface area contributed by atoms with Crippen LogP contribution < -0.4 is 9.64 Å². The summed E-state index contributed by atoms with van der Waals surface area (Å²) in [7, 11) is 2.66. The van der Waals surface area contributed by atoms with Crippen LogP contribution in [0.3, 0.4) is 0 Å². The number of likely N-dealkylation sites (N-methyl/N-ethyl adjacent to an activating group) is 1. The van der Waals surface area contributed by atoms with Crippen LogP contribution in [0.4, 0.5) is 36.4 Å². The maximum absolute atomic E-state index is 14.1. The van der Waals surface area contributed by atoms with Crippen molar-refractivity contribution >= 4 is 22.6 Å². The van der Waals surface area contributed by atoms with Gasteiger partial charge in [-0.3, -0.25) is 4.79 Å². The predicted octanol–water partition coefficient (Wildman–Crippen LogP) is 7.24. The first kappa shape index (κ1) is 29.8. The molecule has 0 bridgehead atoms. The lowest BCUT2D eigenvalue weighted by molar-refractivity contribution is -0.143. The van der Waals surface area contributed by atoms with Crippen LogP contribution in [0.15, 0.2) is 48.8 Å². The number of amides is 1. The summed E-state index contributed by atoms with van der Waals surface area (Å²) in [5.74, 6) is -1.29. The van der Waals surface area contributed by atoms with Gasteiger partial charge in [-0.25, -0.2) is 14.1 Å². The van der Waals surface area contributed by atoms with E-state index in [0.29, 0.717) is 40.8 Å². The Morgan fingerprint density at radius 3 is 2.07 bits per heavy atom. The fraction of sp³-hybridized carbons (Fsp3) is 0.321. The molecule has 2 heterocycles. The number of hydrogen-bond acceptors (Lipinski definition) is 4. The highest BCUT2D eigenvalue weighted by molar-refractivity contribution is 6.08. The van der Waals surface area contributed by atoms with Gasteiger partial charge in [0.25, 0.3) is 0 Å². The highest BCUT2D eigenvalue weighted by Crippen LogP contribution is 2.43. The van der Waals surface area contributed by atoms with E-state index >= 15 is 0 Å². The number of carbonyl (C=O) groups excluding carboxylic acids is 1. The Bertz CT molecular complexity index is 1590. The molecule has 4 aromatic rings. The minimum absolute atomic E-state index is 0.00984. The normalized spacial score (nSPS) is 12.6. The number of aryl methyl sites for hydroxylation is 1. The van der Waals surface area contributed by atoms with Crippen molar-refractivity contribution in [3.8, 4) is 16.9 Å². The fourth-order valence-corrected chi connectivity index (χ4v) is 4.62. The van der Waals surface area contributed by atoms with Crippen LogP contribution >= 0.6 is 0 Å². The number of nitrogens with zero attached hydrogens (tertiary/aromatic N) is 4. The lowest BCUT2D eigenvalue weighted by Crippen LogP contribution is -2.42. The van der Waals surface area contributed by atoms with E-state index in [9.17, 15) is 35.5 Å². The van der Waals surface area contributed by atoms with E-state index in [2.05, 4.69) is 10.1 Å². The van der Waals surface area contributed by atoms with Gasteiger partial charge in [0, 0.05) is 36.2 Å². The summed E-state index contributed by atoms with van der Waals surface area (Å²) in [5, 5.41) is 4.77. The van der Waals surface area contributed by atoms with Crippen molar-refractivity contribution in [2.75, 3.05) is 19.1 Å². The molecule has 2 aromatic heterocycles. The van der Waals surface area contributed by atoms with Crippen molar-refractivity contribution in [1.29, 1.82) is 0 Å². The van der Waals surface area contributed by atoms with Gasteiger partial charge in [0.2, 0.25) is 5.91 Å². The van der Waals surface area contributed by atoms with E-state index in [1.54, 1.807) is 4.68 Å². The van der Waals surface area contributed by atoms with Crippen molar-refractivity contribution in [2.45, 2.75) is 45.1 Å². The number of ether oxygens (including phenoxy) is 1. The van der Waals surface area contributed by atoms with Crippen LogP contribution in [-0.4, -0.2) is 34.8 Å². The molecule has 0 saturated carbocycles. The largest absolute Gasteiger partial charge is 0.496 e. The van der Waals surface area contributed by atoms with E-state index in [1.165, 1.54) is 52.5 Å². The summed E-state index contributed by atoms with van der Waals surface area (Å²) < 4.78 is 102. The van der Waals surface area contributed by atoms with Crippen molar-refractivity contribution in [3.63, 3.8) is 0 Å². The Hall–Kier alpha value is -4.16. The van der Waals surface area contributed by atoms with Crippen molar-refractivity contribution < 1.29 is 40.3 Å². The number of aromatic nitrogens is 3. The minimum atomic E-state index is -5.08. The van der Waals surface area contributed by atoms with Gasteiger partial charge < -0.3 is 9.64 Å². The van der Waals surface area contributed by atoms with E-state index in [1.807, 2.05) is 6.92 Å². The first-order chi connectivity index (χ1) is 19.0. The number of methoxy groups -OCH3 is 1.